The van der Waals surface area contributed by atoms with Crippen molar-refractivity contribution >= 4 is 21.4 Å². The number of nitrogens with zero attached hydrogens (tertiary/aromatic N) is 7. The Balaban J connectivity index is 1.75. The van der Waals surface area contributed by atoms with E-state index in [1.165, 1.54) is 32.9 Å². The Morgan fingerprint density at radius 2 is 1.76 bits per heavy atom. The Bertz CT molecular complexity index is 1330. The summed E-state index contributed by atoms with van der Waals surface area (Å²) in [6.07, 6.45) is 7.36. The minimum Gasteiger partial charge on any atom is -0.479 e. The molecule has 0 unspecified atom stereocenters. The van der Waals surface area contributed by atoms with Crippen molar-refractivity contribution in [2.45, 2.75) is 69.5 Å². The molecule has 1 aliphatic rings. The maximum Gasteiger partial charge on any atom is 0.241 e. The van der Waals surface area contributed by atoms with Crippen LogP contribution in [0.3, 0.4) is 0 Å². The van der Waals surface area contributed by atoms with E-state index in [-0.39, 0.29) is 23.3 Å². The summed E-state index contributed by atoms with van der Waals surface area (Å²) in [4.78, 5) is 16.9. The number of rotatable bonds is 9. The van der Waals surface area contributed by atoms with Gasteiger partial charge in [-0.3, -0.25) is 4.57 Å². The minimum atomic E-state index is -3.81. The first kappa shape index (κ1) is 27.3. The van der Waals surface area contributed by atoms with Crippen LogP contribution in [0.5, 0.6) is 5.88 Å². The first-order valence-corrected chi connectivity index (χ1v) is 14.3. The lowest BCUT2D eigenvalue weighted by Gasteiger charge is -2.26. The first-order valence-electron chi connectivity index (χ1n) is 12.2. The van der Waals surface area contributed by atoms with Crippen LogP contribution in [0.4, 0.5) is 0 Å². The molecule has 0 saturated heterocycles. The average molecular weight is 550 g/mol. The predicted octanol–water partition coefficient (Wildman–Crippen LogP) is 3.80. The van der Waals surface area contributed by atoms with Crippen LogP contribution in [0.15, 0.2) is 18.7 Å². The Labute approximate surface area is 222 Å². The summed E-state index contributed by atoms with van der Waals surface area (Å²) in [5.41, 5.74) is 1.18. The van der Waals surface area contributed by atoms with Gasteiger partial charge in [0.05, 0.1) is 23.1 Å². The van der Waals surface area contributed by atoms with Gasteiger partial charge in [-0.15, -0.1) is 10.2 Å². The molecule has 0 amide bonds. The molecule has 0 spiro atoms. The molecule has 11 nitrogen and oxygen atoms in total. The Morgan fingerprint density at radius 1 is 1.08 bits per heavy atom. The number of ether oxygens (including phenoxy) is 2. The third kappa shape index (κ3) is 5.75. The highest BCUT2D eigenvalue weighted by Crippen LogP contribution is 2.38. The van der Waals surface area contributed by atoms with Gasteiger partial charge in [0, 0.05) is 25.4 Å². The van der Waals surface area contributed by atoms with E-state index in [2.05, 4.69) is 37.1 Å². The van der Waals surface area contributed by atoms with Gasteiger partial charge in [0.1, 0.15) is 29.7 Å². The van der Waals surface area contributed by atoms with Gasteiger partial charge in [0.25, 0.3) is 0 Å². The van der Waals surface area contributed by atoms with Crippen molar-refractivity contribution < 1.29 is 17.9 Å². The molecule has 3 heterocycles. The van der Waals surface area contributed by atoms with Gasteiger partial charge < -0.3 is 9.47 Å². The van der Waals surface area contributed by atoms with E-state index in [9.17, 15) is 8.42 Å². The molecule has 0 bridgehead atoms. The Morgan fingerprint density at radius 3 is 2.38 bits per heavy atom. The second kappa shape index (κ2) is 11.4. The number of halogens is 1. The fourth-order valence-electron chi connectivity index (χ4n) is 4.78. The third-order valence-electron chi connectivity index (χ3n) is 7.00. The van der Waals surface area contributed by atoms with Crippen molar-refractivity contribution in [1.29, 1.82) is 0 Å². The lowest BCUT2D eigenvalue weighted by Crippen LogP contribution is -2.30. The second-order valence-corrected chi connectivity index (χ2v) is 12.3. The van der Waals surface area contributed by atoms with E-state index in [1.807, 2.05) is 6.92 Å². The summed E-state index contributed by atoms with van der Waals surface area (Å²) in [6, 6.07) is 0. The van der Waals surface area contributed by atoms with E-state index in [1.54, 1.807) is 11.5 Å². The van der Waals surface area contributed by atoms with Crippen molar-refractivity contribution in [2.24, 2.45) is 5.92 Å². The summed E-state index contributed by atoms with van der Waals surface area (Å²) in [7, 11) is -0.870. The number of methoxy groups -OCH3 is 2. The van der Waals surface area contributed by atoms with E-state index in [4.69, 9.17) is 21.1 Å². The summed E-state index contributed by atoms with van der Waals surface area (Å²) in [5, 5.41) is 8.25. The molecule has 3 aromatic rings. The largest absolute Gasteiger partial charge is 0.479 e. The zero-order valence-electron chi connectivity index (χ0n) is 21.6. The van der Waals surface area contributed by atoms with Gasteiger partial charge in [-0.1, -0.05) is 31.4 Å². The lowest BCUT2D eigenvalue weighted by molar-refractivity contribution is 0.0948. The van der Waals surface area contributed by atoms with E-state index in [0.717, 1.165) is 25.7 Å². The molecule has 3 aromatic heterocycles. The number of aryl methyl sites for hydroxylation is 1. The van der Waals surface area contributed by atoms with Gasteiger partial charge in [-0.25, -0.2) is 23.4 Å². The number of sulfone groups is 1. The molecule has 13 heteroatoms. The number of hydrogen-bond acceptors (Lipinski definition) is 10. The van der Waals surface area contributed by atoms with Crippen molar-refractivity contribution in [3.05, 3.63) is 46.9 Å². The molecule has 1 aliphatic carbocycles. The van der Waals surface area contributed by atoms with Crippen LogP contribution >= 0.6 is 11.6 Å². The van der Waals surface area contributed by atoms with E-state index >= 15 is 0 Å². The zero-order valence-corrected chi connectivity index (χ0v) is 23.2. The summed E-state index contributed by atoms with van der Waals surface area (Å²) in [5.74, 6) is 1.93. The predicted molar refractivity (Wildman–Crippen MR) is 137 cm³/mol. The molecule has 37 heavy (non-hydrogen) atoms. The maximum absolute atomic E-state index is 13.7. The lowest BCUT2D eigenvalue weighted by atomic mass is 9.82. The van der Waals surface area contributed by atoms with Crippen LogP contribution in [0.25, 0.3) is 5.69 Å². The van der Waals surface area contributed by atoms with Crippen molar-refractivity contribution in [1.82, 2.24) is 34.7 Å². The normalized spacial score (nSPS) is 19.9. The smallest absolute Gasteiger partial charge is 0.241 e. The van der Waals surface area contributed by atoms with Crippen molar-refractivity contribution in [3.8, 4) is 11.6 Å². The zero-order chi connectivity index (χ0) is 26.7. The average Bonchev–Trinajstić information content (AvgIpc) is 3.27. The highest BCUT2D eigenvalue weighted by Gasteiger charge is 2.36. The Hall–Kier alpha value is -2.70. The molecule has 1 saturated carbocycles. The fourth-order valence-corrected chi connectivity index (χ4v) is 6.29. The standard InChI is InChI=1S/C24H32ClN7O4S/c1-14-6-8-17(9-7-14)23-31-30-19(32(23)20-15(2)28-13-29-24(20)36-5)12-37(33,34)16(3)21(35-4)22-26-10-18(25)11-27-22/h10-11,13-14,16-17,21H,6-9,12H2,1-5H3/t14?,16-,17?,21-/m0/s1. The van der Waals surface area contributed by atoms with Gasteiger partial charge in [-0.05, 0) is 32.6 Å². The van der Waals surface area contributed by atoms with Gasteiger partial charge >= 0.3 is 0 Å². The van der Waals surface area contributed by atoms with Crippen LogP contribution < -0.4 is 4.74 Å². The molecule has 4 rings (SSSR count). The first-order chi connectivity index (χ1) is 17.7. The van der Waals surface area contributed by atoms with Gasteiger partial charge in [0.2, 0.25) is 5.88 Å². The molecular weight excluding hydrogens is 518 g/mol. The van der Waals surface area contributed by atoms with E-state index < -0.39 is 21.2 Å². The molecule has 0 N–H and O–H groups in total. The molecule has 0 aromatic carbocycles. The molecule has 200 valence electrons. The minimum absolute atomic E-state index is 0.135. The van der Waals surface area contributed by atoms with Crippen LogP contribution in [0, 0.1) is 12.8 Å². The SMILES string of the molecule is COc1ncnc(C)c1-n1c(CS(=O)(=O)[C@@H](C)[C@H](OC)c2ncc(Cl)cn2)nnc1C1CCC(C)CC1. The van der Waals surface area contributed by atoms with Crippen LogP contribution in [0.1, 0.15) is 74.7 Å². The molecule has 0 radical (unpaired) electrons. The maximum atomic E-state index is 13.7. The van der Waals surface area contributed by atoms with Crippen molar-refractivity contribution in [3.63, 3.8) is 0 Å². The second-order valence-electron chi connectivity index (χ2n) is 9.51. The highest BCUT2D eigenvalue weighted by atomic mass is 35.5. The highest BCUT2D eigenvalue weighted by molar-refractivity contribution is 7.91. The van der Waals surface area contributed by atoms with E-state index in [0.29, 0.717) is 34.0 Å². The Kier molecular flexibility index (Phi) is 8.39. The van der Waals surface area contributed by atoms with Gasteiger partial charge in [0.15, 0.2) is 21.5 Å². The third-order valence-corrected chi connectivity index (χ3v) is 9.23. The molecule has 2 atom stereocenters. The van der Waals surface area contributed by atoms with Crippen LogP contribution in [-0.4, -0.2) is 62.6 Å². The monoisotopic (exact) mass is 549 g/mol. The summed E-state index contributed by atoms with van der Waals surface area (Å²) in [6.45, 7) is 5.64. The fraction of sp³-hybridized carbons (Fsp3) is 0.583. The van der Waals surface area contributed by atoms with Crippen molar-refractivity contribution in [2.75, 3.05) is 14.2 Å². The molecule has 1 fully saturated rings. The summed E-state index contributed by atoms with van der Waals surface area (Å²) < 4.78 is 40.2. The van der Waals surface area contributed by atoms with Crippen LogP contribution in [-0.2, 0) is 20.3 Å². The topological polar surface area (TPSA) is 135 Å². The number of hydrogen-bond donors (Lipinski definition) is 0. The molecule has 0 aliphatic heterocycles. The van der Waals surface area contributed by atoms with Crippen LogP contribution in [0.2, 0.25) is 5.02 Å². The van der Waals surface area contributed by atoms with Gasteiger partial charge in [-0.2, -0.15) is 4.98 Å². The quantitative estimate of drug-likeness (QED) is 0.387. The molecular formula is C24H32ClN7O4S. The summed E-state index contributed by atoms with van der Waals surface area (Å²) >= 11 is 5.90. The number of aromatic nitrogens is 7.